The average Bonchev–Trinajstić information content (AvgIpc) is 2.45. The Labute approximate surface area is 573 Å². The fourth-order valence-corrected chi connectivity index (χ4v) is 12.3. The van der Waals surface area contributed by atoms with Gasteiger partial charge in [0.15, 0.2) is 12.2 Å². The minimum Gasteiger partial charge on any atom is -0.462 e. The SMILES string of the molecule is CCCCCC/C=C\CCCCCCCC(=O)OC[C@H](COP(=O)(O)OC[C@@H](O)COP(=O)(O)OC[C@@H](COC(=O)CCCCCCC/C=C\CCCCCCCC)OC(=O)CCCCCCCCCCCCCCC)OC(=O)CCCCCCC/C=C\CCCCCC. The highest BCUT2D eigenvalue weighted by molar-refractivity contribution is 7.47. The summed E-state index contributed by atoms with van der Waals surface area (Å²) in [6.07, 6.45) is 62.7. The summed E-state index contributed by atoms with van der Waals surface area (Å²) in [6.45, 7) is 4.88. The predicted octanol–water partition coefficient (Wildman–Crippen LogP) is 21.6. The lowest BCUT2D eigenvalue weighted by Gasteiger charge is -2.21. The Balaban J connectivity index is 5.30. The Morgan fingerprint density at radius 1 is 0.287 bits per heavy atom. The number of hydrogen-bond acceptors (Lipinski definition) is 15. The predicted molar refractivity (Wildman–Crippen MR) is 381 cm³/mol. The second-order valence-corrected chi connectivity index (χ2v) is 28.9. The molecule has 2 unspecified atom stereocenters. The number of aliphatic hydroxyl groups is 1. The summed E-state index contributed by atoms with van der Waals surface area (Å²) in [6, 6.07) is 0. The molecule has 17 nitrogen and oxygen atoms in total. The van der Waals surface area contributed by atoms with E-state index in [1.54, 1.807) is 0 Å². The molecule has 0 rings (SSSR count). The van der Waals surface area contributed by atoms with Crippen molar-refractivity contribution in [2.45, 2.75) is 380 Å². The number of unbranched alkanes of at least 4 members (excludes halogenated alkanes) is 41. The number of phosphoric acid groups is 2. The van der Waals surface area contributed by atoms with Crippen LogP contribution >= 0.6 is 15.6 Å². The fourth-order valence-electron chi connectivity index (χ4n) is 10.7. The van der Waals surface area contributed by atoms with E-state index in [0.717, 1.165) is 141 Å². The van der Waals surface area contributed by atoms with Crippen molar-refractivity contribution in [3.8, 4) is 0 Å². The highest BCUT2D eigenvalue weighted by atomic mass is 31.2. The number of rotatable bonds is 73. The molecule has 5 atom stereocenters. The van der Waals surface area contributed by atoms with Crippen molar-refractivity contribution < 1.29 is 80.2 Å². The van der Waals surface area contributed by atoms with Gasteiger partial charge in [-0.2, -0.15) is 0 Å². The van der Waals surface area contributed by atoms with E-state index in [0.29, 0.717) is 25.7 Å². The molecular formula is C75H140O17P2. The lowest BCUT2D eigenvalue weighted by molar-refractivity contribution is -0.161. The van der Waals surface area contributed by atoms with Crippen LogP contribution in [0.2, 0.25) is 0 Å². The van der Waals surface area contributed by atoms with E-state index >= 15 is 0 Å². The summed E-state index contributed by atoms with van der Waals surface area (Å²) in [5.74, 6) is -2.16. The number of carbonyl (C=O) groups excluding carboxylic acids is 4. The van der Waals surface area contributed by atoms with Crippen LogP contribution in [0.25, 0.3) is 0 Å². The highest BCUT2D eigenvalue weighted by Gasteiger charge is 2.30. The monoisotopic (exact) mass is 1370 g/mol. The fraction of sp³-hybridized carbons (Fsp3) is 0.867. The van der Waals surface area contributed by atoms with E-state index in [-0.39, 0.29) is 25.7 Å². The molecule has 0 fully saturated rings. The van der Waals surface area contributed by atoms with E-state index in [1.165, 1.54) is 141 Å². The summed E-state index contributed by atoms with van der Waals surface area (Å²) in [7, 11) is -9.93. The van der Waals surface area contributed by atoms with Gasteiger partial charge in [0.05, 0.1) is 26.4 Å². The van der Waals surface area contributed by atoms with Crippen molar-refractivity contribution >= 4 is 39.5 Å². The molecule has 94 heavy (non-hydrogen) atoms. The number of ether oxygens (including phenoxy) is 4. The second-order valence-electron chi connectivity index (χ2n) is 25.9. The van der Waals surface area contributed by atoms with Crippen molar-refractivity contribution in [1.82, 2.24) is 0 Å². The maximum Gasteiger partial charge on any atom is 0.472 e. The molecule has 0 aliphatic carbocycles. The third-order valence-electron chi connectivity index (χ3n) is 16.6. The Morgan fingerprint density at radius 3 is 0.745 bits per heavy atom. The second kappa shape index (κ2) is 68.8. The van der Waals surface area contributed by atoms with E-state index in [2.05, 4.69) is 64.2 Å². The molecule has 0 bridgehead atoms. The smallest absolute Gasteiger partial charge is 0.462 e. The quantitative estimate of drug-likeness (QED) is 0.0169. The zero-order chi connectivity index (χ0) is 69.0. The molecule has 0 saturated carbocycles. The zero-order valence-electron chi connectivity index (χ0n) is 60.2. The van der Waals surface area contributed by atoms with Gasteiger partial charge >= 0.3 is 39.5 Å². The van der Waals surface area contributed by atoms with Gasteiger partial charge in [0.2, 0.25) is 0 Å². The molecule has 0 amide bonds. The van der Waals surface area contributed by atoms with E-state index in [9.17, 15) is 43.2 Å². The van der Waals surface area contributed by atoms with Crippen LogP contribution in [-0.4, -0.2) is 96.7 Å². The topological polar surface area (TPSA) is 237 Å². The Morgan fingerprint density at radius 2 is 0.489 bits per heavy atom. The molecule has 0 aromatic rings. The highest BCUT2D eigenvalue weighted by Crippen LogP contribution is 2.45. The standard InChI is InChI=1S/C75H140O17P2/c1-5-9-13-17-21-25-29-33-34-38-40-44-48-52-56-60-73(78)86-66-71(92-75(80)62-58-54-50-46-42-37-32-28-24-20-16-12-8-4)68-90-94(83,84)88-64-69(76)63-87-93(81,82)89-67-70(91-74(79)61-57-53-49-45-41-36-31-27-23-19-15-11-7-3)65-85-72(77)59-55-51-47-43-39-35-30-26-22-18-14-10-6-2/h26-27,30-31,33-34,69-71,76H,5-25,28-29,32,35-68H2,1-4H3,(H,81,82)(H,83,84)/b30-26-,31-27-,34-33-/t69-,70-,71-/m1/s1. The van der Waals surface area contributed by atoms with E-state index < -0.39 is 97.5 Å². The first kappa shape index (κ1) is 91.3. The van der Waals surface area contributed by atoms with Gasteiger partial charge in [0, 0.05) is 25.7 Å². The maximum atomic E-state index is 13.1. The van der Waals surface area contributed by atoms with Crippen LogP contribution in [0.5, 0.6) is 0 Å². The molecule has 3 N–H and O–H groups in total. The minimum atomic E-state index is -4.96. The largest absolute Gasteiger partial charge is 0.472 e. The first-order chi connectivity index (χ1) is 45.7. The number of phosphoric ester groups is 2. The maximum absolute atomic E-state index is 13.1. The molecule has 0 aliphatic rings. The number of esters is 4. The van der Waals surface area contributed by atoms with Gasteiger partial charge in [-0.1, -0.05) is 270 Å². The number of allylic oxidation sites excluding steroid dienone is 6. The van der Waals surface area contributed by atoms with Crippen molar-refractivity contribution in [2.75, 3.05) is 39.6 Å². The van der Waals surface area contributed by atoms with E-state index in [1.807, 2.05) is 0 Å². The third-order valence-corrected chi connectivity index (χ3v) is 18.5. The lowest BCUT2D eigenvalue weighted by atomic mass is 10.0. The molecule has 0 heterocycles. The number of aliphatic hydroxyl groups excluding tert-OH is 1. The van der Waals surface area contributed by atoms with Gasteiger partial charge in [-0.3, -0.25) is 37.3 Å². The molecule has 0 radical (unpaired) electrons. The molecule has 552 valence electrons. The first-order valence-corrected chi connectivity index (χ1v) is 41.2. The molecule has 0 aliphatic heterocycles. The summed E-state index contributed by atoms with van der Waals surface area (Å²) in [5.41, 5.74) is 0. The van der Waals surface area contributed by atoms with Gasteiger partial charge < -0.3 is 33.8 Å². The van der Waals surface area contributed by atoms with Crippen LogP contribution in [0.3, 0.4) is 0 Å². The summed E-state index contributed by atoms with van der Waals surface area (Å²) < 4.78 is 68.4. The van der Waals surface area contributed by atoms with Crippen LogP contribution in [0, 0.1) is 0 Å². The normalized spacial score (nSPS) is 14.2. The van der Waals surface area contributed by atoms with Crippen LogP contribution in [0.15, 0.2) is 36.5 Å². The van der Waals surface area contributed by atoms with Gasteiger partial charge in [-0.05, 0) is 103 Å². The van der Waals surface area contributed by atoms with Crippen LogP contribution in [-0.2, 0) is 65.4 Å². The van der Waals surface area contributed by atoms with Crippen molar-refractivity contribution in [3.05, 3.63) is 36.5 Å². The van der Waals surface area contributed by atoms with Crippen molar-refractivity contribution in [1.29, 1.82) is 0 Å². The third kappa shape index (κ3) is 67.8. The van der Waals surface area contributed by atoms with Crippen LogP contribution in [0.1, 0.15) is 362 Å². The molecule has 19 heteroatoms. The summed E-state index contributed by atoms with van der Waals surface area (Å²) in [5, 5.41) is 10.6. The van der Waals surface area contributed by atoms with Crippen molar-refractivity contribution in [2.24, 2.45) is 0 Å². The van der Waals surface area contributed by atoms with E-state index in [4.69, 9.17) is 37.0 Å². The van der Waals surface area contributed by atoms with Gasteiger partial charge in [-0.25, -0.2) is 9.13 Å². The van der Waals surface area contributed by atoms with Crippen LogP contribution in [0.4, 0.5) is 0 Å². The Bertz CT molecular complexity index is 1930. The summed E-state index contributed by atoms with van der Waals surface area (Å²) in [4.78, 5) is 72.7. The van der Waals surface area contributed by atoms with Gasteiger partial charge in [0.25, 0.3) is 0 Å². The minimum absolute atomic E-state index is 0.0891. The first-order valence-electron chi connectivity index (χ1n) is 38.2. The molecule has 0 spiro atoms. The molecule has 0 aromatic heterocycles. The molecule has 0 saturated heterocycles. The average molecular weight is 1380 g/mol. The number of hydrogen-bond donors (Lipinski definition) is 3. The Kier molecular flexibility index (Phi) is 66.8. The van der Waals surface area contributed by atoms with Crippen LogP contribution < -0.4 is 0 Å². The molecular weight excluding hydrogens is 1230 g/mol. The van der Waals surface area contributed by atoms with Gasteiger partial charge in [-0.15, -0.1) is 0 Å². The van der Waals surface area contributed by atoms with Gasteiger partial charge in [0.1, 0.15) is 19.3 Å². The van der Waals surface area contributed by atoms with Crippen molar-refractivity contribution in [3.63, 3.8) is 0 Å². The molecule has 0 aromatic carbocycles. The Hall–Kier alpha value is -2.72. The number of carbonyl (C=O) groups is 4. The lowest BCUT2D eigenvalue weighted by Crippen LogP contribution is -2.30. The summed E-state index contributed by atoms with van der Waals surface area (Å²) >= 11 is 0. The zero-order valence-corrected chi connectivity index (χ0v) is 61.9.